The molecule has 1 N–H and O–H groups in total. The van der Waals surface area contributed by atoms with Crippen LogP contribution in [0.5, 0.6) is 0 Å². The van der Waals surface area contributed by atoms with E-state index in [1.54, 1.807) is 11.3 Å². The van der Waals surface area contributed by atoms with E-state index in [2.05, 4.69) is 32.8 Å². The Morgan fingerprint density at radius 1 is 1.61 bits per heavy atom. The van der Waals surface area contributed by atoms with Crippen molar-refractivity contribution in [1.82, 2.24) is 14.8 Å². The third-order valence-electron chi connectivity index (χ3n) is 2.18. The van der Waals surface area contributed by atoms with Gasteiger partial charge in [0.2, 0.25) is 0 Å². The predicted octanol–water partition coefficient (Wildman–Crippen LogP) is 2.81. The van der Waals surface area contributed by atoms with Crippen LogP contribution < -0.4 is 0 Å². The zero-order valence-electron chi connectivity index (χ0n) is 9.46. The Balaban J connectivity index is 2.29. The lowest BCUT2D eigenvalue weighted by Gasteiger charge is -2.04. The summed E-state index contributed by atoms with van der Waals surface area (Å²) in [5.41, 5.74) is 1.03. The fourth-order valence-corrected chi connectivity index (χ4v) is 3.50. The van der Waals surface area contributed by atoms with Crippen LogP contribution in [-0.4, -0.2) is 31.6 Å². The van der Waals surface area contributed by atoms with Crippen LogP contribution >= 0.6 is 45.7 Å². The Bertz CT molecular complexity index is 567. The van der Waals surface area contributed by atoms with Gasteiger partial charge in [0.25, 0.3) is 0 Å². The summed E-state index contributed by atoms with van der Waals surface area (Å²) in [5, 5.41) is 19.6. The van der Waals surface area contributed by atoms with Crippen LogP contribution in [0.4, 0.5) is 0 Å². The van der Waals surface area contributed by atoms with E-state index < -0.39 is 5.97 Å². The molecule has 5 nitrogen and oxygen atoms in total. The lowest BCUT2D eigenvalue weighted by atomic mass is 10.3. The van der Waals surface area contributed by atoms with E-state index in [0.29, 0.717) is 5.16 Å². The van der Waals surface area contributed by atoms with Crippen LogP contribution in [-0.2, 0) is 11.3 Å². The molecule has 0 aliphatic carbocycles. The molecule has 0 fully saturated rings. The van der Waals surface area contributed by atoms with Crippen LogP contribution in [0.2, 0.25) is 0 Å². The van der Waals surface area contributed by atoms with E-state index in [-0.39, 0.29) is 5.75 Å². The van der Waals surface area contributed by atoms with Gasteiger partial charge < -0.3 is 9.67 Å². The van der Waals surface area contributed by atoms with Gasteiger partial charge in [-0.25, -0.2) is 0 Å². The Hall–Kier alpha value is -0.610. The van der Waals surface area contributed by atoms with E-state index in [1.165, 1.54) is 14.6 Å². The number of thioether (sulfide) groups is 1. The fraction of sp³-hybridized carbons (Fsp3) is 0.300. The molecule has 96 valence electrons. The smallest absolute Gasteiger partial charge is 0.313 e. The van der Waals surface area contributed by atoms with E-state index in [0.717, 1.165) is 17.9 Å². The number of carbonyl (C=O) groups is 1. The molecule has 2 aromatic rings. The zero-order valence-corrected chi connectivity index (χ0v) is 13.3. The Kier molecular flexibility index (Phi) is 4.62. The van der Waals surface area contributed by atoms with Crippen molar-refractivity contribution in [3.8, 4) is 11.4 Å². The minimum Gasteiger partial charge on any atom is -0.481 e. The summed E-state index contributed by atoms with van der Waals surface area (Å²) >= 11 is 5.11. The van der Waals surface area contributed by atoms with Crippen molar-refractivity contribution in [3.05, 3.63) is 14.3 Å². The molecule has 0 spiro atoms. The Labute approximate surface area is 126 Å². The number of rotatable bonds is 5. The molecule has 0 bridgehead atoms. The lowest BCUT2D eigenvalue weighted by Crippen LogP contribution is -2.03. The molecule has 0 atom stereocenters. The highest BCUT2D eigenvalue weighted by molar-refractivity contribution is 14.1. The standard InChI is InChI=1S/C10H10IN3O2S2/c1-2-14-9(6-3-7(11)17-4-6)12-13-10(14)18-5-8(15)16/h3-4H,2,5H2,1H3,(H,15,16). The van der Waals surface area contributed by atoms with Crippen molar-refractivity contribution in [3.63, 3.8) is 0 Å². The number of carboxylic acids is 1. The Morgan fingerprint density at radius 3 is 2.94 bits per heavy atom. The predicted molar refractivity (Wildman–Crippen MR) is 80.1 cm³/mol. The van der Waals surface area contributed by atoms with E-state index in [9.17, 15) is 4.79 Å². The number of halogens is 1. The minimum atomic E-state index is -0.850. The SMILES string of the molecule is CCn1c(SCC(=O)O)nnc1-c1csc(I)c1. The topological polar surface area (TPSA) is 68.0 Å². The van der Waals surface area contributed by atoms with Gasteiger partial charge in [-0.15, -0.1) is 21.5 Å². The van der Waals surface area contributed by atoms with Crippen molar-refractivity contribution in [2.75, 3.05) is 5.75 Å². The lowest BCUT2D eigenvalue weighted by molar-refractivity contribution is -0.133. The number of hydrogen-bond acceptors (Lipinski definition) is 5. The molecule has 0 amide bonds. The van der Waals surface area contributed by atoms with E-state index in [1.807, 2.05) is 22.9 Å². The summed E-state index contributed by atoms with van der Waals surface area (Å²) < 4.78 is 3.12. The highest BCUT2D eigenvalue weighted by Crippen LogP contribution is 2.28. The normalized spacial score (nSPS) is 10.8. The first-order valence-electron chi connectivity index (χ1n) is 5.14. The fourth-order valence-electron chi connectivity index (χ4n) is 1.45. The molecule has 0 aliphatic rings. The van der Waals surface area contributed by atoms with Gasteiger partial charge in [-0.3, -0.25) is 4.79 Å². The minimum absolute atomic E-state index is 0.000690. The maximum absolute atomic E-state index is 10.6. The molecule has 2 rings (SSSR count). The molecule has 18 heavy (non-hydrogen) atoms. The first-order valence-corrected chi connectivity index (χ1v) is 8.08. The van der Waals surface area contributed by atoms with Gasteiger partial charge in [-0.1, -0.05) is 11.8 Å². The number of carboxylic acid groups (broad SMARTS) is 1. The quantitative estimate of drug-likeness (QED) is 0.623. The van der Waals surface area contributed by atoms with Gasteiger partial charge in [0.15, 0.2) is 11.0 Å². The summed E-state index contributed by atoms with van der Waals surface area (Å²) in [6.45, 7) is 2.71. The maximum atomic E-state index is 10.6. The van der Waals surface area contributed by atoms with Gasteiger partial charge in [0.05, 0.1) is 8.64 Å². The maximum Gasteiger partial charge on any atom is 0.313 e. The number of hydrogen-bond donors (Lipinski definition) is 1. The average Bonchev–Trinajstić information content (AvgIpc) is 2.91. The Morgan fingerprint density at radius 2 is 2.39 bits per heavy atom. The molecule has 0 unspecified atom stereocenters. The van der Waals surface area contributed by atoms with Crippen molar-refractivity contribution in [2.45, 2.75) is 18.6 Å². The summed E-state index contributed by atoms with van der Waals surface area (Å²) in [7, 11) is 0. The second-order valence-electron chi connectivity index (χ2n) is 3.37. The van der Waals surface area contributed by atoms with Crippen LogP contribution in [0, 0.1) is 2.88 Å². The van der Waals surface area contributed by atoms with Crippen LogP contribution in [0.25, 0.3) is 11.4 Å². The molecule has 0 aliphatic heterocycles. The molecule has 2 heterocycles. The second-order valence-corrected chi connectivity index (χ2v) is 7.12. The van der Waals surface area contributed by atoms with Crippen molar-refractivity contribution in [2.24, 2.45) is 0 Å². The number of thiophene rings is 1. The molecule has 8 heteroatoms. The summed E-state index contributed by atoms with van der Waals surface area (Å²) in [6.07, 6.45) is 0. The third kappa shape index (κ3) is 3.04. The highest BCUT2D eigenvalue weighted by Gasteiger charge is 2.15. The van der Waals surface area contributed by atoms with Gasteiger partial charge >= 0.3 is 5.97 Å². The van der Waals surface area contributed by atoms with Gasteiger partial charge in [0.1, 0.15) is 0 Å². The molecule has 0 aromatic carbocycles. The molecule has 0 saturated carbocycles. The molecular formula is C10H10IN3O2S2. The number of aliphatic carboxylic acids is 1. The second kappa shape index (κ2) is 6.02. The first-order chi connectivity index (χ1) is 8.61. The largest absolute Gasteiger partial charge is 0.481 e. The van der Waals surface area contributed by atoms with E-state index >= 15 is 0 Å². The van der Waals surface area contributed by atoms with Crippen molar-refractivity contribution in [1.29, 1.82) is 0 Å². The summed E-state index contributed by atoms with van der Waals surface area (Å²) in [5.74, 6) is -0.0545. The van der Waals surface area contributed by atoms with Gasteiger partial charge in [0, 0.05) is 17.5 Å². The van der Waals surface area contributed by atoms with Crippen LogP contribution in [0.3, 0.4) is 0 Å². The zero-order chi connectivity index (χ0) is 13.1. The highest BCUT2D eigenvalue weighted by atomic mass is 127. The number of aromatic nitrogens is 3. The molecule has 0 radical (unpaired) electrons. The summed E-state index contributed by atoms with van der Waals surface area (Å²) in [4.78, 5) is 10.6. The summed E-state index contributed by atoms with van der Waals surface area (Å²) in [6, 6.07) is 2.05. The van der Waals surface area contributed by atoms with Crippen molar-refractivity contribution >= 4 is 51.7 Å². The van der Waals surface area contributed by atoms with Crippen molar-refractivity contribution < 1.29 is 9.90 Å². The van der Waals surface area contributed by atoms with Gasteiger partial charge in [-0.2, -0.15) is 0 Å². The molecule has 0 saturated heterocycles. The van der Waals surface area contributed by atoms with E-state index in [4.69, 9.17) is 5.11 Å². The third-order valence-corrected chi connectivity index (χ3v) is 4.92. The average molecular weight is 395 g/mol. The first kappa shape index (κ1) is 13.8. The van der Waals surface area contributed by atoms with Crippen LogP contribution in [0.15, 0.2) is 16.6 Å². The van der Waals surface area contributed by atoms with Crippen LogP contribution in [0.1, 0.15) is 6.92 Å². The van der Waals surface area contributed by atoms with Gasteiger partial charge in [-0.05, 0) is 35.6 Å². The molecular weight excluding hydrogens is 385 g/mol. The number of nitrogens with zero attached hydrogens (tertiary/aromatic N) is 3. The molecule has 2 aromatic heterocycles. The monoisotopic (exact) mass is 395 g/mol.